The highest BCUT2D eigenvalue weighted by Gasteiger charge is 2.17. The SMILES string of the molecule is CC(C)C(=O)Nc1cccc(CNC(=O)c2sc3cc(F)ccc3c2Cl)c1. The molecule has 1 heterocycles. The summed E-state index contributed by atoms with van der Waals surface area (Å²) in [6.45, 7) is 3.92. The first kappa shape index (κ1) is 19.3. The Balaban J connectivity index is 1.71. The molecule has 0 aliphatic carbocycles. The molecule has 0 bridgehead atoms. The van der Waals surface area contributed by atoms with E-state index in [1.54, 1.807) is 12.1 Å². The summed E-state index contributed by atoms with van der Waals surface area (Å²) < 4.78 is 14.0. The van der Waals surface area contributed by atoms with Crippen LogP contribution in [0.25, 0.3) is 10.1 Å². The second kappa shape index (κ2) is 8.06. The zero-order valence-corrected chi connectivity index (χ0v) is 16.4. The molecule has 3 rings (SSSR count). The number of nitrogens with one attached hydrogen (secondary N) is 2. The molecule has 0 unspecified atom stereocenters. The molecule has 4 nitrogen and oxygen atoms in total. The van der Waals surface area contributed by atoms with Gasteiger partial charge < -0.3 is 10.6 Å². The first-order valence-electron chi connectivity index (χ1n) is 8.40. The number of rotatable bonds is 5. The highest BCUT2D eigenvalue weighted by molar-refractivity contribution is 7.21. The number of benzene rings is 2. The zero-order chi connectivity index (χ0) is 19.6. The molecule has 0 aliphatic rings. The Hall–Kier alpha value is -2.44. The number of carbonyl (C=O) groups is 2. The molecule has 1 aromatic heterocycles. The quantitative estimate of drug-likeness (QED) is 0.612. The lowest BCUT2D eigenvalue weighted by Gasteiger charge is -2.10. The summed E-state index contributed by atoms with van der Waals surface area (Å²) in [6.07, 6.45) is 0. The molecule has 0 radical (unpaired) electrons. The molecule has 27 heavy (non-hydrogen) atoms. The van der Waals surface area contributed by atoms with E-state index in [1.807, 2.05) is 32.0 Å². The van der Waals surface area contributed by atoms with Crippen LogP contribution in [0, 0.1) is 11.7 Å². The van der Waals surface area contributed by atoms with Crippen LogP contribution in [0.15, 0.2) is 42.5 Å². The second-order valence-electron chi connectivity index (χ2n) is 6.41. The van der Waals surface area contributed by atoms with Crippen molar-refractivity contribution in [2.75, 3.05) is 5.32 Å². The van der Waals surface area contributed by atoms with Crippen LogP contribution in [-0.2, 0) is 11.3 Å². The van der Waals surface area contributed by atoms with Gasteiger partial charge in [-0.25, -0.2) is 4.39 Å². The second-order valence-corrected chi connectivity index (χ2v) is 7.84. The first-order valence-corrected chi connectivity index (χ1v) is 9.60. The van der Waals surface area contributed by atoms with Crippen LogP contribution in [0.1, 0.15) is 29.1 Å². The Morgan fingerprint density at radius 1 is 1.19 bits per heavy atom. The van der Waals surface area contributed by atoms with E-state index in [-0.39, 0.29) is 30.1 Å². The largest absolute Gasteiger partial charge is 0.347 e. The molecule has 0 saturated heterocycles. The summed E-state index contributed by atoms with van der Waals surface area (Å²) in [7, 11) is 0. The molecule has 2 N–H and O–H groups in total. The maximum atomic E-state index is 13.4. The van der Waals surface area contributed by atoms with Crippen LogP contribution < -0.4 is 10.6 Å². The topological polar surface area (TPSA) is 58.2 Å². The number of fused-ring (bicyclic) bond motifs is 1. The van der Waals surface area contributed by atoms with Crippen molar-refractivity contribution in [3.05, 3.63) is 63.7 Å². The molecule has 2 amide bonds. The van der Waals surface area contributed by atoms with Crippen LogP contribution in [0.2, 0.25) is 5.02 Å². The highest BCUT2D eigenvalue weighted by atomic mass is 35.5. The van der Waals surface area contributed by atoms with Gasteiger partial charge in [0, 0.05) is 28.2 Å². The lowest BCUT2D eigenvalue weighted by Crippen LogP contribution is -2.22. The van der Waals surface area contributed by atoms with Crippen molar-refractivity contribution in [2.45, 2.75) is 20.4 Å². The Kier molecular flexibility index (Phi) is 5.77. The van der Waals surface area contributed by atoms with Crippen LogP contribution >= 0.6 is 22.9 Å². The molecule has 3 aromatic rings. The Morgan fingerprint density at radius 3 is 2.70 bits per heavy atom. The van der Waals surface area contributed by atoms with Gasteiger partial charge in [-0.15, -0.1) is 11.3 Å². The van der Waals surface area contributed by atoms with Crippen molar-refractivity contribution in [1.29, 1.82) is 0 Å². The summed E-state index contributed by atoms with van der Waals surface area (Å²) in [5.74, 6) is -0.875. The van der Waals surface area contributed by atoms with E-state index >= 15 is 0 Å². The minimum absolute atomic E-state index is 0.0690. The third-order valence-corrected chi connectivity index (χ3v) is 5.63. The van der Waals surface area contributed by atoms with Gasteiger partial charge in [-0.3, -0.25) is 9.59 Å². The number of hydrogen-bond acceptors (Lipinski definition) is 3. The fourth-order valence-corrected chi connectivity index (χ4v) is 3.95. The smallest absolute Gasteiger partial charge is 0.263 e. The van der Waals surface area contributed by atoms with Crippen molar-refractivity contribution < 1.29 is 14.0 Å². The average Bonchev–Trinajstić information content (AvgIpc) is 2.96. The standard InChI is InChI=1S/C20H18ClFN2O2S/c1-11(2)19(25)24-14-5-3-4-12(8-14)10-23-20(26)18-17(21)15-7-6-13(22)9-16(15)27-18/h3-9,11H,10H2,1-2H3,(H,23,26)(H,24,25). The Morgan fingerprint density at radius 2 is 1.96 bits per heavy atom. The molecular formula is C20H18ClFN2O2S. The summed E-state index contributed by atoms with van der Waals surface area (Å²) >= 11 is 7.43. The molecule has 7 heteroatoms. The fraction of sp³-hybridized carbons (Fsp3) is 0.200. The van der Waals surface area contributed by atoms with Crippen molar-refractivity contribution in [1.82, 2.24) is 5.32 Å². The van der Waals surface area contributed by atoms with Gasteiger partial charge in [-0.2, -0.15) is 0 Å². The van der Waals surface area contributed by atoms with Crippen molar-refractivity contribution in [3.8, 4) is 0 Å². The lowest BCUT2D eigenvalue weighted by atomic mass is 10.1. The van der Waals surface area contributed by atoms with E-state index in [0.717, 1.165) is 16.9 Å². The van der Waals surface area contributed by atoms with E-state index < -0.39 is 0 Å². The number of amides is 2. The number of hydrogen-bond donors (Lipinski definition) is 2. The minimum atomic E-state index is -0.368. The Bertz CT molecular complexity index is 1020. The fourth-order valence-electron chi connectivity index (χ4n) is 2.49. The van der Waals surface area contributed by atoms with Crippen LogP contribution in [0.4, 0.5) is 10.1 Å². The number of carbonyl (C=O) groups excluding carboxylic acids is 2. The maximum absolute atomic E-state index is 13.4. The molecule has 0 aliphatic heterocycles. The molecule has 0 fully saturated rings. The molecule has 0 atom stereocenters. The number of halogens is 2. The van der Waals surface area contributed by atoms with Gasteiger partial charge in [-0.05, 0) is 35.9 Å². The third-order valence-electron chi connectivity index (χ3n) is 3.97. The molecule has 140 valence electrons. The normalized spacial score (nSPS) is 11.0. The minimum Gasteiger partial charge on any atom is -0.347 e. The monoisotopic (exact) mass is 404 g/mol. The van der Waals surface area contributed by atoms with Gasteiger partial charge >= 0.3 is 0 Å². The first-order chi connectivity index (χ1) is 12.8. The van der Waals surface area contributed by atoms with Gasteiger partial charge in [0.05, 0.1) is 5.02 Å². The van der Waals surface area contributed by atoms with Gasteiger partial charge in [-0.1, -0.05) is 37.6 Å². The lowest BCUT2D eigenvalue weighted by molar-refractivity contribution is -0.118. The van der Waals surface area contributed by atoms with E-state index in [4.69, 9.17) is 11.6 Å². The molecule has 2 aromatic carbocycles. The summed E-state index contributed by atoms with van der Waals surface area (Å²) in [6, 6.07) is 11.5. The molecular weight excluding hydrogens is 387 g/mol. The van der Waals surface area contributed by atoms with E-state index in [2.05, 4.69) is 10.6 Å². The van der Waals surface area contributed by atoms with E-state index in [1.165, 1.54) is 12.1 Å². The van der Waals surface area contributed by atoms with Crippen molar-refractivity contribution >= 4 is 50.5 Å². The predicted octanol–water partition coefficient (Wildman–Crippen LogP) is 5.22. The predicted molar refractivity (Wildman–Crippen MR) is 108 cm³/mol. The number of anilines is 1. The Labute approximate surface area is 165 Å². The van der Waals surface area contributed by atoms with Gasteiger partial charge in [0.2, 0.25) is 5.91 Å². The summed E-state index contributed by atoms with van der Waals surface area (Å²) in [5.41, 5.74) is 1.52. The molecule has 0 spiro atoms. The van der Waals surface area contributed by atoms with E-state index in [9.17, 15) is 14.0 Å². The van der Waals surface area contributed by atoms with Crippen LogP contribution in [-0.4, -0.2) is 11.8 Å². The van der Waals surface area contributed by atoms with Gasteiger partial charge in [0.25, 0.3) is 5.91 Å². The van der Waals surface area contributed by atoms with Gasteiger partial charge in [0.1, 0.15) is 10.7 Å². The maximum Gasteiger partial charge on any atom is 0.263 e. The van der Waals surface area contributed by atoms with Crippen molar-refractivity contribution in [3.63, 3.8) is 0 Å². The van der Waals surface area contributed by atoms with E-state index in [0.29, 0.717) is 25.7 Å². The van der Waals surface area contributed by atoms with Crippen LogP contribution in [0.3, 0.4) is 0 Å². The van der Waals surface area contributed by atoms with Crippen molar-refractivity contribution in [2.24, 2.45) is 5.92 Å². The van der Waals surface area contributed by atoms with Crippen LogP contribution in [0.5, 0.6) is 0 Å². The zero-order valence-electron chi connectivity index (χ0n) is 14.8. The number of thiophene rings is 1. The third kappa shape index (κ3) is 4.46. The summed E-state index contributed by atoms with van der Waals surface area (Å²) in [5, 5.41) is 6.63. The summed E-state index contributed by atoms with van der Waals surface area (Å²) in [4.78, 5) is 24.6. The van der Waals surface area contributed by atoms with Gasteiger partial charge in [0.15, 0.2) is 0 Å². The highest BCUT2D eigenvalue weighted by Crippen LogP contribution is 2.35. The molecule has 0 saturated carbocycles. The average molecular weight is 405 g/mol.